The average molecular weight is 484 g/mol. The molecule has 10 heteroatoms. The second-order valence-corrected chi connectivity index (χ2v) is 7.33. The first kappa shape index (κ1) is 25.2. The van der Waals surface area contributed by atoms with E-state index in [2.05, 4.69) is 0 Å². The number of phenols is 1. The molecule has 0 aliphatic rings. The third-order valence-corrected chi connectivity index (χ3v) is 4.91. The Kier molecular flexibility index (Phi) is 7.34. The van der Waals surface area contributed by atoms with Crippen molar-refractivity contribution < 1.29 is 42.8 Å². The molecule has 0 aliphatic heterocycles. The fourth-order valence-corrected chi connectivity index (χ4v) is 3.47. The lowest BCUT2D eigenvalue weighted by molar-refractivity contribution is -0.132. The van der Waals surface area contributed by atoms with Gasteiger partial charge in [-0.25, -0.2) is 0 Å². The molecule has 1 N–H and O–H groups in total. The molecule has 2 aromatic carbocycles. The Labute approximate surface area is 200 Å². The molecular formula is C25H24O10. The zero-order chi connectivity index (χ0) is 25.9. The summed E-state index contributed by atoms with van der Waals surface area (Å²) in [5.74, 6) is -0.980. The lowest BCUT2D eigenvalue weighted by atomic mass is 10.1. The molecule has 0 saturated carbocycles. The molecule has 35 heavy (non-hydrogen) atoms. The molecule has 0 spiro atoms. The van der Waals surface area contributed by atoms with Crippen molar-refractivity contribution in [2.45, 2.75) is 20.8 Å². The quantitative estimate of drug-likeness (QED) is 0.390. The Morgan fingerprint density at radius 3 is 1.89 bits per heavy atom. The number of carbonyl (C=O) groups excluding carboxylic acids is 2. The van der Waals surface area contributed by atoms with Crippen LogP contribution in [0.4, 0.5) is 0 Å². The number of rotatable bonds is 7. The average Bonchev–Trinajstić information content (AvgIpc) is 2.78. The van der Waals surface area contributed by atoms with E-state index in [9.17, 15) is 19.5 Å². The van der Waals surface area contributed by atoms with E-state index in [0.717, 1.165) is 0 Å². The summed E-state index contributed by atoms with van der Waals surface area (Å²) in [7, 11) is 4.04. The first-order valence-corrected chi connectivity index (χ1v) is 10.3. The van der Waals surface area contributed by atoms with E-state index in [1.54, 1.807) is 18.2 Å². The Morgan fingerprint density at radius 2 is 1.40 bits per heavy atom. The van der Waals surface area contributed by atoms with Gasteiger partial charge in [-0.15, -0.1) is 0 Å². The summed E-state index contributed by atoms with van der Waals surface area (Å²) in [5, 5.41) is 10.5. The van der Waals surface area contributed by atoms with Crippen molar-refractivity contribution in [3.63, 3.8) is 0 Å². The molecule has 0 atom stereocenters. The molecule has 10 nitrogen and oxygen atoms in total. The van der Waals surface area contributed by atoms with E-state index in [4.69, 9.17) is 28.1 Å². The van der Waals surface area contributed by atoms with E-state index >= 15 is 0 Å². The number of esters is 2. The predicted octanol–water partition coefficient (Wildman–Crippen LogP) is 3.85. The molecule has 0 bridgehead atoms. The number of carbonyl (C=O) groups is 2. The van der Waals surface area contributed by atoms with Gasteiger partial charge in [-0.3, -0.25) is 14.4 Å². The summed E-state index contributed by atoms with van der Waals surface area (Å²) in [5.41, 5.74) is 0.156. The maximum Gasteiger partial charge on any atom is 0.308 e. The number of aromatic hydroxyl groups is 1. The Bertz CT molecular complexity index is 1360. The van der Waals surface area contributed by atoms with Gasteiger partial charge in [0, 0.05) is 25.5 Å². The van der Waals surface area contributed by atoms with Crippen molar-refractivity contribution >= 4 is 35.1 Å². The van der Waals surface area contributed by atoms with Crippen LogP contribution in [-0.4, -0.2) is 38.4 Å². The standard InChI is InChI=1S/C25H24O10/c1-12-18(8-7-15-9-16(33-13(2)26)11-17(10-15)34-14(3)27)35-22-19(20(12)28)21(29)23(30-4)25(32-6)24(22)31-5/h7-11,29H,1-6H3. The van der Waals surface area contributed by atoms with Gasteiger partial charge >= 0.3 is 11.9 Å². The minimum Gasteiger partial charge on any atom is -0.504 e. The number of hydrogen-bond acceptors (Lipinski definition) is 10. The second kappa shape index (κ2) is 10.2. The van der Waals surface area contributed by atoms with E-state index in [1.807, 2.05) is 0 Å². The first-order valence-electron chi connectivity index (χ1n) is 10.3. The Morgan fingerprint density at radius 1 is 0.857 bits per heavy atom. The lowest BCUT2D eigenvalue weighted by Gasteiger charge is -2.16. The van der Waals surface area contributed by atoms with Crippen molar-refractivity contribution in [3.05, 3.63) is 45.3 Å². The van der Waals surface area contributed by atoms with Crippen molar-refractivity contribution in [2.24, 2.45) is 0 Å². The van der Waals surface area contributed by atoms with Crippen LogP contribution in [0, 0.1) is 6.92 Å². The third-order valence-electron chi connectivity index (χ3n) is 4.91. The minimum absolute atomic E-state index is 0.0350. The summed E-state index contributed by atoms with van der Waals surface area (Å²) in [4.78, 5) is 35.9. The van der Waals surface area contributed by atoms with Crippen LogP contribution in [0.1, 0.15) is 30.7 Å². The number of ether oxygens (including phenoxy) is 5. The summed E-state index contributed by atoms with van der Waals surface area (Å²) < 4.78 is 32.1. The summed E-state index contributed by atoms with van der Waals surface area (Å²) >= 11 is 0. The Balaban J connectivity index is 2.20. The van der Waals surface area contributed by atoms with Gasteiger partial charge in [-0.1, -0.05) is 6.08 Å². The third kappa shape index (κ3) is 5.06. The minimum atomic E-state index is -0.549. The maximum absolute atomic E-state index is 13.1. The van der Waals surface area contributed by atoms with Crippen LogP contribution in [0.15, 0.2) is 27.4 Å². The van der Waals surface area contributed by atoms with Crippen molar-refractivity contribution in [1.29, 1.82) is 0 Å². The predicted molar refractivity (Wildman–Crippen MR) is 127 cm³/mol. The molecule has 0 aliphatic carbocycles. The maximum atomic E-state index is 13.1. The van der Waals surface area contributed by atoms with Gasteiger partial charge in [0.1, 0.15) is 22.6 Å². The smallest absolute Gasteiger partial charge is 0.308 e. The van der Waals surface area contributed by atoms with Crippen molar-refractivity contribution in [2.75, 3.05) is 21.3 Å². The highest BCUT2D eigenvalue weighted by atomic mass is 16.5. The van der Waals surface area contributed by atoms with E-state index in [1.165, 1.54) is 54.2 Å². The van der Waals surface area contributed by atoms with Gasteiger partial charge in [0.25, 0.3) is 0 Å². The largest absolute Gasteiger partial charge is 0.504 e. The van der Waals surface area contributed by atoms with Gasteiger partial charge in [0.05, 0.1) is 21.3 Å². The summed E-state index contributed by atoms with van der Waals surface area (Å²) in [6, 6.07) is 4.48. The van der Waals surface area contributed by atoms with Crippen LogP contribution in [0.2, 0.25) is 0 Å². The molecule has 3 rings (SSSR count). The van der Waals surface area contributed by atoms with Crippen LogP contribution in [0.25, 0.3) is 23.1 Å². The van der Waals surface area contributed by atoms with E-state index in [0.29, 0.717) is 5.56 Å². The summed E-state index contributed by atoms with van der Waals surface area (Å²) in [6.07, 6.45) is 3.08. The molecule has 1 heterocycles. The first-order chi connectivity index (χ1) is 16.6. The molecule has 0 radical (unpaired) electrons. The van der Waals surface area contributed by atoms with Gasteiger partial charge in [0.15, 0.2) is 16.8 Å². The molecule has 0 saturated heterocycles. The fraction of sp³-hybridized carbons (Fsp3) is 0.240. The zero-order valence-electron chi connectivity index (χ0n) is 20.0. The van der Waals surface area contributed by atoms with Crippen LogP contribution in [0.3, 0.4) is 0 Å². The van der Waals surface area contributed by atoms with Gasteiger partial charge in [0.2, 0.25) is 17.2 Å². The van der Waals surface area contributed by atoms with Crippen molar-refractivity contribution in [1.82, 2.24) is 0 Å². The highest BCUT2D eigenvalue weighted by Crippen LogP contribution is 2.49. The SMILES string of the molecule is COc1c(OC)c(O)c2c(=O)c(C)c(C=Cc3cc(OC(C)=O)cc(OC(C)=O)c3)oc2c1OC. The molecule has 3 aromatic rings. The molecule has 0 amide bonds. The normalized spacial score (nSPS) is 10.9. The monoisotopic (exact) mass is 484 g/mol. The zero-order valence-corrected chi connectivity index (χ0v) is 20.0. The number of phenolic OH excluding ortho intramolecular Hbond substituents is 1. The van der Waals surface area contributed by atoms with Gasteiger partial charge in [-0.2, -0.15) is 0 Å². The van der Waals surface area contributed by atoms with E-state index < -0.39 is 23.1 Å². The molecular weight excluding hydrogens is 460 g/mol. The van der Waals surface area contributed by atoms with Crippen LogP contribution in [-0.2, 0) is 9.59 Å². The molecule has 0 fully saturated rings. The number of benzene rings is 2. The summed E-state index contributed by atoms with van der Waals surface area (Å²) in [6.45, 7) is 4.02. The molecule has 184 valence electrons. The van der Waals surface area contributed by atoms with Crippen molar-refractivity contribution in [3.8, 4) is 34.5 Å². The van der Waals surface area contributed by atoms with E-state index in [-0.39, 0.29) is 51.0 Å². The number of hydrogen-bond donors (Lipinski definition) is 1. The van der Waals surface area contributed by atoms with Crippen LogP contribution < -0.4 is 29.1 Å². The number of fused-ring (bicyclic) bond motifs is 1. The van der Waals surface area contributed by atoms with Crippen LogP contribution in [0.5, 0.6) is 34.5 Å². The Hall–Kier alpha value is -4.47. The number of methoxy groups -OCH3 is 3. The topological polar surface area (TPSA) is 131 Å². The van der Waals surface area contributed by atoms with Crippen LogP contribution >= 0.6 is 0 Å². The molecule has 0 unspecified atom stereocenters. The second-order valence-electron chi connectivity index (χ2n) is 7.33. The fourth-order valence-electron chi connectivity index (χ4n) is 3.47. The highest BCUT2D eigenvalue weighted by Gasteiger charge is 2.27. The lowest BCUT2D eigenvalue weighted by Crippen LogP contribution is -2.09. The van der Waals surface area contributed by atoms with Gasteiger partial charge < -0.3 is 33.2 Å². The highest BCUT2D eigenvalue weighted by molar-refractivity contribution is 5.95. The van der Waals surface area contributed by atoms with Gasteiger partial charge in [-0.05, 0) is 30.7 Å². The molecule has 1 aromatic heterocycles.